The minimum absolute atomic E-state index is 0. The molecule has 9 heteroatoms. The van der Waals surface area contributed by atoms with Crippen molar-refractivity contribution in [1.82, 2.24) is 4.68 Å². The number of carbonyl (C=O) groups excluding carboxylic acids is 2. The fourth-order valence-corrected chi connectivity index (χ4v) is 4.43. The Morgan fingerprint density at radius 2 is 2.03 bits per heavy atom. The number of halogens is 1. The number of anilines is 1. The third-order valence-corrected chi connectivity index (χ3v) is 5.99. The molecule has 2 heterocycles. The second-order valence-corrected chi connectivity index (χ2v) is 7.95. The molecule has 1 saturated carbocycles. The second kappa shape index (κ2) is 12.2. The van der Waals surface area contributed by atoms with Crippen molar-refractivity contribution < 1.29 is 36.0 Å². The highest BCUT2D eigenvalue weighted by molar-refractivity contribution is 7.12. The van der Waals surface area contributed by atoms with Crippen LogP contribution < -0.4 is 27.0 Å². The van der Waals surface area contributed by atoms with E-state index in [1.54, 1.807) is 0 Å². The van der Waals surface area contributed by atoms with Gasteiger partial charge in [0.05, 0.1) is 24.5 Å². The Hall–Kier alpha value is -1.61. The predicted molar refractivity (Wildman–Crippen MR) is 111 cm³/mol. The van der Waals surface area contributed by atoms with Gasteiger partial charge in [0.25, 0.3) is 5.91 Å². The van der Waals surface area contributed by atoms with Crippen LogP contribution in [0.15, 0.2) is 23.8 Å². The molecule has 1 N–H and O–H groups in total. The van der Waals surface area contributed by atoms with Gasteiger partial charge in [-0.2, -0.15) is 4.68 Å². The molecule has 1 amide bonds. The second-order valence-electron chi connectivity index (χ2n) is 7.07. The van der Waals surface area contributed by atoms with Gasteiger partial charge in [-0.15, -0.1) is 16.0 Å². The first-order valence-electron chi connectivity index (χ1n) is 9.71. The summed E-state index contributed by atoms with van der Waals surface area (Å²) in [4.78, 5) is 25.3. The number of ether oxygens (including phenoxy) is 1. The molecule has 2 aromatic rings. The number of aryl methyl sites for hydroxylation is 1. The monoisotopic (exact) mass is 480 g/mol. The number of nitrogens with one attached hydrogen (secondary N) is 1. The molecule has 0 spiro atoms. The molecule has 1 aliphatic rings. The summed E-state index contributed by atoms with van der Waals surface area (Å²) in [5, 5.41) is 4.79. The molecule has 0 bridgehead atoms. The van der Waals surface area contributed by atoms with Gasteiger partial charge in [-0.05, 0) is 37.1 Å². The molecule has 3 radical (unpaired) electrons. The number of hydrogen-bond acceptors (Lipinski definition) is 4. The first kappa shape index (κ1) is 25.4. The molecular weight excluding hydrogens is 453 g/mol. The normalized spacial score (nSPS) is 13.9. The summed E-state index contributed by atoms with van der Waals surface area (Å²) < 4.78 is 9.36. The minimum Gasteiger partial charge on any atom is -1.00 e. The van der Waals surface area contributed by atoms with Gasteiger partial charge < -0.3 is 27.0 Å². The zero-order chi connectivity index (χ0) is 19.2. The Kier molecular flexibility index (Phi) is 10.7. The van der Waals surface area contributed by atoms with Crippen LogP contribution in [0.5, 0.6) is 0 Å². The van der Waals surface area contributed by atoms with E-state index in [9.17, 15) is 9.59 Å². The topological polar surface area (TPSA) is 64.2 Å². The fraction of sp³-hybridized carbons (Fsp3) is 0.550. The van der Waals surface area contributed by atoms with E-state index in [-0.39, 0.29) is 43.8 Å². The van der Waals surface area contributed by atoms with Crippen LogP contribution in [-0.4, -0.2) is 31.6 Å². The van der Waals surface area contributed by atoms with Gasteiger partial charge in [0, 0.05) is 14.5 Å². The smallest absolute Gasteiger partial charge is 0.350 e. The predicted octanol–water partition coefficient (Wildman–Crippen LogP) is 0.479. The number of hydrogen-bond donors (Lipinski definition) is 1. The number of aromatic nitrogens is 2. The van der Waals surface area contributed by atoms with Crippen LogP contribution in [0, 0.1) is 6.92 Å². The van der Waals surface area contributed by atoms with E-state index < -0.39 is 0 Å². The largest absolute Gasteiger partial charge is 1.00 e. The summed E-state index contributed by atoms with van der Waals surface area (Å²) in [5.74, 6) is -0.509. The van der Waals surface area contributed by atoms with Gasteiger partial charge in [-0.1, -0.05) is 26.2 Å². The highest BCUT2D eigenvalue weighted by Gasteiger charge is 2.25. The SMILES string of the molecule is CCCOC(=O)c1scc(C)c1NC(=O)C[n+]1cccn1C1CCCCC1.[B].[Br-]. The van der Waals surface area contributed by atoms with Gasteiger partial charge in [-0.25, -0.2) is 4.79 Å². The van der Waals surface area contributed by atoms with E-state index in [0.717, 1.165) is 24.8 Å². The molecule has 1 fully saturated rings. The van der Waals surface area contributed by atoms with Gasteiger partial charge in [0.1, 0.15) is 4.88 Å². The minimum atomic E-state index is -0.372. The number of thiophene rings is 1. The van der Waals surface area contributed by atoms with Crippen molar-refractivity contribution in [3.63, 3.8) is 0 Å². The van der Waals surface area contributed by atoms with Crippen LogP contribution in [0.1, 0.15) is 66.7 Å². The summed E-state index contributed by atoms with van der Waals surface area (Å²) in [6, 6.07) is 2.44. The molecule has 0 unspecified atom stereocenters. The summed E-state index contributed by atoms with van der Waals surface area (Å²) in [5.41, 5.74) is 1.45. The van der Waals surface area contributed by atoms with Crippen molar-refractivity contribution in [3.05, 3.63) is 34.3 Å². The lowest BCUT2D eigenvalue weighted by Gasteiger charge is -2.20. The zero-order valence-corrected chi connectivity index (χ0v) is 19.4. The molecule has 1 aliphatic carbocycles. The Balaban J connectivity index is 0.00000210. The highest BCUT2D eigenvalue weighted by Crippen LogP contribution is 2.29. The molecular formula is C20H28BBrN3O3S. The van der Waals surface area contributed by atoms with E-state index in [4.69, 9.17) is 4.74 Å². The van der Waals surface area contributed by atoms with Gasteiger partial charge >= 0.3 is 5.97 Å². The van der Waals surface area contributed by atoms with E-state index in [1.807, 2.05) is 42.4 Å². The lowest BCUT2D eigenvalue weighted by atomic mass is 9.96. The number of nitrogens with zero attached hydrogens (tertiary/aromatic N) is 2. The highest BCUT2D eigenvalue weighted by atomic mass is 79.9. The number of rotatable bonds is 7. The summed E-state index contributed by atoms with van der Waals surface area (Å²) in [6.07, 6.45) is 10.9. The number of amides is 1. The molecule has 0 aliphatic heterocycles. The van der Waals surface area contributed by atoms with E-state index >= 15 is 0 Å². The summed E-state index contributed by atoms with van der Waals surface area (Å²) >= 11 is 1.31. The van der Waals surface area contributed by atoms with Crippen molar-refractivity contribution in [2.45, 2.75) is 65.0 Å². The molecule has 157 valence electrons. The first-order valence-corrected chi connectivity index (χ1v) is 10.6. The van der Waals surface area contributed by atoms with Gasteiger partial charge in [-0.3, -0.25) is 4.79 Å². The van der Waals surface area contributed by atoms with Crippen LogP contribution in [0.4, 0.5) is 5.69 Å². The Labute approximate surface area is 189 Å². The maximum absolute atomic E-state index is 12.7. The van der Waals surface area contributed by atoms with Gasteiger partial charge in [0.2, 0.25) is 6.54 Å². The molecule has 2 aromatic heterocycles. The molecule has 6 nitrogen and oxygen atoms in total. The van der Waals surface area contributed by atoms with Crippen LogP contribution in [0.2, 0.25) is 0 Å². The van der Waals surface area contributed by atoms with Crippen LogP contribution >= 0.6 is 11.3 Å². The molecule has 0 saturated heterocycles. The maximum atomic E-state index is 12.7. The first-order chi connectivity index (χ1) is 13.1. The average Bonchev–Trinajstić information content (AvgIpc) is 3.27. The van der Waals surface area contributed by atoms with Crippen molar-refractivity contribution in [1.29, 1.82) is 0 Å². The lowest BCUT2D eigenvalue weighted by molar-refractivity contribution is -0.767. The Morgan fingerprint density at radius 3 is 2.72 bits per heavy atom. The van der Waals surface area contributed by atoms with Crippen LogP contribution in [0.25, 0.3) is 0 Å². The lowest BCUT2D eigenvalue weighted by Crippen LogP contribution is -3.00. The van der Waals surface area contributed by atoms with Crippen LogP contribution in [-0.2, 0) is 16.1 Å². The Bertz CT molecular complexity index is 803. The van der Waals surface area contributed by atoms with Crippen molar-refractivity contribution in [3.8, 4) is 0 Å². The third-order valence-electron chi connectivity index (χ3n) is 4.91. The van der Waals surface area contributed by atoms with Crippen LogP contribution in [0.3, 0.4) is 0 Å². The summed E-state index contributed by atoms with van der Waals surface area (Å²) in [6.45, 7) is 4.45. The number of carbonyl (C=O) groups is 2. The van der Waals surface area contributed by atoms with E-state index in [2.05, 4.69) is 10.00 Å². The zero-order valence-electron chi connectivity index (χ0n) is 17.0. The standard InChI is InChI=1S/C20H27N3O3S.B.BrH/c1-3-12-26-20(25)19-18(15(2)14-27-19)21-17(24)13-22-10-7-11-23(22)16-8-5-4-6-9-16;;/h7,10-11,14,16H,3-6,8-9,12-13H2,1-2H3;;1H. The summed E-state index contributed by atoms with van der Waals surface area (Å²) in [7, 11) is 0. The van der Waals surface area contributed by atoms with E-state index in [0.29, 0.717) is 23.2 Å². The number of esters is 1. The maximum Gasteiger partial charge on any atom is 0.350 e. The molecule has 0 aromatic carbocycles. The molecule has 29 heavy (non-hydrogen) atoms. The van der Waals surface area contributed by atoms with Crippen molar-refractivity contribution in [2.75, 3.05) is 11.9 Å². The molecule has 0 atom stereocenters. The third kappa shape index (κ3) is 6.44. The Morgan fingerprint density at radius 1 is 1.31 bits per heavy atom. The van der Waals surface area contributed by atoms with Crippen molar-refractivity contribution >= 4 is 37.3 Å². The fourth-order valence-electron chi connectivity index (χ4n) is 3.54. The average molecular weight is 481 g/mol. The van der Waals surface area contributed by atoms with E-state index in [1.165, 1.54) is 30.6 Å². The quantitative estimate of drug-likeness (QED) is 0.356. The van der Waals surface area contributed by atoms with Crippen molar-refractivity contribution in [2.24, 2.45) is 0 Å². The molecule has 3 rings (SSSR count). The van der Waals surface area contributed by atoms with Gasteiger partial charge in [0.15, 0.2) is 6.20 Å².